The molecular weight excluding hydrogens is 398 g/mol. The predicted octanol–water partition coefficient (Wildman–Crippen LogP) is 6.83. The molecule has 0 saturated heterocycles. The van der Waals surface area contributed by atoms with Crippen molar-refractivity contribution in [1.82, 2.24) is 4.72 Å². The minimum atomic E-state index is -0.999. The van der Waals surface area contributed by atoms with Crippen LogP contribution in [0.3, 0.4) is 0 Å². The van der Waals surface area contributed by atoms with Gasteiger partial charge in [0.15, 0.2) is 5.78 Å². The summed E-state index contributed by atoms with van der Waals surface area (Å²) in [5.74, 6) is 2.81. The fourth-order valence-electron chi connectivity index (χ4n) is 7.66. The standard InChI is InChI=1S/C28H45NOS/c1-18(2)22-12-13-23-21-11-10-19-16-20(30)14-15-27(19,6)25(21)24(17-28(22,23)7)29-31(8,9)26(3,4)5/h10-11,16,21-25,29H,1,12-15,17H2,2-9H3/t21?,22?,23?,24-,25?,27?,28?/m1/s1. The molecule has 6 unspecified atom stereocenters. The molecule has 2 saturated carbocycles. The second-order valence-electron chi connectivity index (χ2n) is 12.9. The molecule has 0 heterocycles. The Kier molecular flexibility index (Phi) is 5.54. The fraction of sp³-hybridized carbons (Fsp3) is 0.750. The highest BCUT2D eigenvalue weighted by Crippen LogP contribution is 2.67. The summed E-state index contributed by atoms with van der Waals surface area (Å²) in [5.41, 5.74) is 3.07. The summed E-state index contributed by atoms with van der Waals surface area (Å²) in [4.78, 5) is 12.3. The highest BCUT2D eigenvalue weighted by molar-refractivity contribution is 8.32. The van der Waals surface area contributed by atoms with E-state index in [0.717, 1.165) is 12.3 Å². The van der Waals surface area contributed by atoms with Crippen LogP contribution in [0.25, 0.3) is 0 Å². The van der Waals surface area contributed by atoms with Gasteiger partial charge in [-0.2, -0.15) is 10.2 Å². The first-order valence-corrected chi connectivity index (χ1v) is 14.7. The van der Waals surface area contributed by atoms with Gasteiger partial charge >= 0.3 is 0 Å². The van der Waals surface area contributed by atoms with Crippen LogP contribution in [0.15, 0.2) is 36.0 Å². The van der Waals surface area contributed by atoms with E-state index in [0.29, 0.717) is 41.4 Å². The molecule has 0 bridgehead atoms. The Morgan fingerprint density at radius 1 is 1.23 bits per heavy atom. The van der Waals surface area contributed by atoms with Crippen molar-refractivity contribution >= 4 is 16.0 Å². The summed E-state index contributed by atoms with van der Waals surface area (Å²) < 4.78 is 4.56. The number of carbonyl (C=O) groups is 1. The predicted molar refractivity (Wildman–Crippen MR) is 136 cm³/mol. The molecule has 4 rings (SSSR count). The van der Waals surface area contributed by atoms with Crippen LogP contribution in [0.4, 0.5) is 0 Å². The second-order valence-corrected chi connectivity index (χ2v) is 17.0. The van der Waals surface area contributed by atoms with Crippen LogP contribution in [0.5, 0.6) is 0 Å². The first kappa shape index (κ1) is 23.4. The Morgan fingerprint density at radius 2 is 1.90 bits per heavy atom. The summed E-state index contributed by atoms with van der Waals surface area (Å²) in [5, 5.41) is 0. The smallest absolute Gasteiger partial charge is 0.156 e. The van der Waals surface area contributed by atoms with Crippen molar-refractivity contribution in [2.75, 3.05) is 12.5 Å². The van der Waals surface area contributed by atoms with Crippen LogP contribution in [0.1, 0.15) is 73.6 Å². The van der Waals surface area contributed by atoms with E-state index in [1.165, 1.54) is 30.4 Å². The average molecular weight is 444 g/mol. The summed E-state index contributed by atoms with van der Waals surface area (Å²) in [6.07, 6.45) is 17.3. The van der Waals surface area contributed by atoms with Crippen molar-refractivity contribution in [1.29, 1.82) is 0 Å². The summed E-state index contributed by atoms with van der Waals surface area (Å²) in [6.45, 7) is 18.9. The van der Waals surface area contributed by atoms with E-state index in [4.69, 9.17) is 0 Å². The Morgan fingerprint density at radius 3 is 2.52 bits per heavy atom. The summed E-state index contributed by atoms with van der Waals surface area (Å²) in [6, 6.07) is 0.474. The number of hydrogen-bond donors (Lipinski definition) is 1. The summed E-state index contributed by atoms with van der Waals surface area (Å²) >= 11 is 0. The number of ketones is 1. The van der Waals surface area contributed by atoms with Crippen molar-refractivity contribution in [3.8, 4) is 0 Å². The van der Waals surface area contributed by atoms with Crippen molar-refractivity contribution < 1.29 is 4.79 Å². The zero-order valence-corrected chi connectivity index (χ0v) is 22.0. The van der Waals surface area contributed by atoms with Gasteiger partial charge in [-0.3, -0.25) is 9.52 Å². The molecule has 0 aromatic heterocycles. The topological polar surface area (TPSA) is 29.1 Å². The van der Waals surface area contributed by atoms with Gasteiger partial charge in [-0.25, -0.2) is 0 Å². The quantitative estimate of drug-likeness (QED) is 0.484. The van der Waals surface area contributed by atoms with E-state index >= 15 is 0 Å². The molecule has 0 aliphatic heterocycles. The largest absolute Gasteiger partial charge is 0.295 e. The van der Waals surface area contributed by atoms with E-state index in [9.17, 15) is 4.79 Å². The first-order chi connectivity index (χ1) is 14.2. The van der Waals surface area contributed by atoms with Gasteiger partial charge in [0, 0.05) is 17.2 Å². The van der Waals surface area contributed by atoms with Crippen molar-refractivity contribution in [2.24, 2.45) is 34.5 Å². The zero-order chi connectivity index (χ0) is 23.0. The van der Waals surface area contributed by atoms with Gasteiger partial charge in [-0.15, -0.1) is 0 Å². The molecule has 3 heteroatoms. The number of hydrogen-bond acceptors (Lipinski definition) is 2. The van der Waals surface area contributed by atoms with E-state index in [1.807, 2.05) is 6.08 Å². The Hall–Kier alpha value is -0.800. The maximum Gasteiger partial charge on any atom is 0.156 e. The number of rotatable bonds is 3. The minimum Gasteiger partial charge on any atom is -0.295 e. The van der Waals surface area contributed by atoms with Crippen molar-refractivity contribution in [2.45, 2.75) is 84.4 Å². The lowest BCUT2D eigenvalue weighted by atomic mass is 9.47. The van der Waals surface area contributed by atoms with Gasteiger partial charge in [0.2, 0.25) is 0 Å². The molecule has 0 aromatic rings. The van der Waals surface area contributed by atoms with Crippen molar-refractivity contribution in [3.05, 3.63) is 36.0 Å². The van der Waals surface area contributed by atoms with E-state index < -0.39 is 10.2 Å². The number of fused-ring (bicyclic) bond motifs is 5. The molecule has 0 aromatic carbocycles. The van der Waals surface area contributed by atoms with Crippen LogP contribution in [-0.4, -0.2) is 29.1 Å². The molecule has 7 atom stereocenters. The van der Waals surface area contributed by atoms with Crippen LogP contribution < -0.4 is 4.72 Å². The Balaban J connectivity index is 1.82. The lowest BCUT2D eigenvalue weighted by molar-refractivity contribution is -0.116. The molecular formula is C28H45NOS. The molecule has 2 fully saturated rings. The number of carbonyl (C=O) groups excluding carboxylic acids is 1. The normalized spacial score (nSPS) is 43.0. The van der Waals surface area contributed by atoms with Gasteiger partial charge in [0.05, 0.1) is 0 Å². The van der Waals surface area contributed by atoms with Crippen molar-refractivity contribution in [3.63, 3.8) is 0 Å². The number of nitrogens with one attached hydrogen (secondary N) is 1. The third-order valence-electron chi connectivity index (χ3n) is 10.1. The van der Waals surface area contributed by atoms with Crippen LogP contribution >= 0.6 is 10.2 Å². The lowest BCUT2D eigenvalue weighted by Gasteiger charge is -2.61. The SMILES string of the molecule is C=C(C)C1CCC2C3C=CC4=CC(=O)CCC4(C)C3[C@H](NS(C)(C)C(C)(C)C)CC12C. The third kappa shape index (κ3) is 3.53. The molecule has 0 spiro atoms. The zero-order valence-electron chi connectivity index (χ0n) is 21.2. The van der Waals surface area contributed by atoms with Gasteiger partial charge < -0.3 is 0 Å². The maximum absolute atomic E-state index is 12.3. The maximum atomic E-state index is 12.3. The molecule has 4 aliphatic carbocycles. The van der Waals surface area contributed by atoms with E-state index in [-0.39, 0.29) is 10.2 Å². The molecule has 0 amide bonds. The molecule has 4 aliphatic rings. The van der Waals surface area contributed by atoms with E-state index in [2.05, 4.69) is 77.5 Å². The molecule has 0 radical (unpaired) electrons. The van der Waals surface area contributed by atoms with Crippen LogP contribution in [0, 0.1) is 34.5 Å². The summed E-state index contributed by atoms with van der Waals surface area (Å²) in [7, 11) is -0.999. The van der Waals surface area contributed by atoms with E-state index in [1.54, 1.807) is 0 Å². The first-order valence-electron chi connectivity index (χ1n) is 12.3. The molecule has 1 N–H and O–H groups in total. The van der Waals surface area contributed by atoms with Gasteiger partial charge in [0.25, 0.3) is 0 Å². The van der Waals surface area contributed by atoms with Gasteiger partial charge in [-0.1, -0.05) is 58.9 Å². The van der Waals surface area contributed by atoms with Crippen LogP contribution in [-0.2, 0) is 4.79 Å². The minimum absolute atomic E-state index is 0.0983. The lowest BCUT2D eigenvalue weighted by Crippen LogP contribution is -2.60. The number of allylic oxidation sites excluding steroid dienone is 5. The van der Waals surface area contributed by atoms with Crippen LogP contribution in [0.2, 0.25) is 0 Å². The average Bonchev–Trinajstić information content (AvgIpc) is 2.97. The second kappa shape index (κ2) is 7.35. The highest BCUT2D eigenvalue weighted by Gasteiger charge is 2.61. The van der Waals surface area contributed by atoms with Gasteiger partial charge in [-0.05, 0) is 91.3 Å². The Bertz CT molecular complexity index is 846. The molecule has 174 valence electrons. The highest BCUT2D eigenvalue weighted by atomic mass is 32.3. The van der Waals surface area contributed by atoms with Gasteiger partial charge in [0.1, 0.15) is 0 Å². The fourth-order valence-corrected chi connectivity index (χ4v) is 9.00. The monoisotopic (exact) mass is 443 g/mol. The Labute approximate surface area is 192 Å². The third-order valence-corrected chi connectivity index (χ3v) is 14.0. The molecule has 2 nitrogen and oxygen atoms in total. The molecule has 31 heavy (non-hydrogen) atoms.